The first kappa shape index (κ1) is 20.6. The normalized spacial score (nSPS) is 14.1. The van der Waals surface area contributed by atoms with Gasteiger partial charge in [-0.1, -0.05) is 78.1 Å². The summed E-state index contributed by atoms with van der Waals surface area (Å²) in [6.07, 6.45) is 14.1. The highest BCUT2D eigenvalue weighted by Crippen LogP contribution is 2.11. The maximum Gasteiger partial charge on any atom is 0.313 e. The lowest BCUT2D eigenvalue weighted by atomic mass is 10.1. The van der Waals surface area contributed by atoms with Gasteiger partial charge < -0.3 is 5.21 Å². The largest absolute Gasteiger partial charge is 0.626 e. The third kappa shape index (κ3) is 11.8. The van der Waals surface area contributed by atoms with Crippen molar-refractivity contribution in [3.63, 3.8) is 0 Å². The molecule has 0 saturated carbocycles. The molecule has 3 N–H and O–H groups in total. The van der Waals surface area contributed by atoms with Crippen LogP contribution < -0.4 is 10.8 Å². The summed E-state index contributed by atoms with van der Waals surface area (Å²) in [4.78, 5) is 11.6. The number of hydrogen-bond acceptors (Lipinski definition) is 3. The lowest BCUT2D eigenvalue weighted by molar-refractivity contribution is -0.795. The molecule has 0 fully saturated rings. The molecule has 1 amide bonds. The molecule has 0 aromatic carbocycles. The molecule has 0 aromatic heterocycles. The zero-order chi connectivity index (χ0) is 15.9. The van der Waals surface area contributed by atoms with Gasteiger partial charge in [0, 0.05) is 6.42 Å². The van der Waals surface area contributed by atoms with Crippen LogP contribution in [-0.2, 0) is 4.79 Å². The zero-order valence-corrected chi connectivity index (χ0v) is 14.2. The van der Waals surface area contributed by atoms with Gasteiger partial charge in [0.1, 0.15) is 6.17 Å². The van der Waals surface area contributed by atoms with Crippen LogP contribution >= 0.6 is 0 Å². The van der Waals surface area contributed by atoms with E-state index in [1.165, 1.54) is 57.8 Å². The number of amides is 1. The van der Waals surface area contributed by atoms with Gasteiger partial charge in [-0.25, -0.2) is 4.79 Å². The molecule has 126 valence electrons. The van der Waals surface area contributed by atoms with Crippen molar-refractivity contribution in [2.45, 2.75) is 103 Å². The number of nitrogens with two attached hydrogens (primary N) is 1. The Morgan fingerprint density at radius 3 is 1.76 bits per heavy atom. The van der Waals surface area contributed by atoms with E-state index >= 15 is 0 Å². The molecule has 0 heterocycles. The summed E-state index contributed by atoms with van der Waals surface area (Å²) < 4.78 is 0. The van der Waals surface area contributed by atoms with Crippen molar-refractivity contribution in [2.75, 3.05) is 0 Å². The van der Waals surface area contributed by atoms with Crippen LogP contribution in [0, 0.1) is 5.21 Å². The molecule has 0 aliphatic rings. The summed E-state index contributed by atoms with van der Waals surface area (Å²) in [5, 5.41) is 11.1. The zero-order valence-electron chi connectivity index (χ0n) is 14.2. The Balaban J connectivity index is 3.30. The first-order valence-electron chi connectivity index (χ1n) is 8.96. The number of carbonyl (C=O) groups is 1. The highest BCUT2D eigenvalue weighted by molar-refractivity contribution is 5.66. The molecule has 0 aliphatic heterocycles. The standard InChI is InChI=1S/C17H36N2O2/c1-3-5-6-7-8-9-10-11-12-13-14-15-17(20)19(21)16(18)4-2/h16,19H,3-15,18H2,1-2H3. The summed E-state index contributed by atoms with van der Waals surface area (Å²) in [6, 6.07) is 0. The summed E-state index contributed by atoms with van der Waals surface area (Å²) in [6.45, 7) is 4.08. The first-order chi connectivity index (χ1) is 10.1. The molecule has 0 rings (SSSR count). The van der Waals surface area contributed by atoms with Gasteiger partial charge in [0.15, 0.2) is 0 Å². The quantitative estimate of drug-likeness (QED) is 0.294. The second-order valence-corrected chi connectivity index (χ2v) is 6.09. The molecule has 4 heteroatoms. The van der Waals surface area contributed by atoms with Gasteiger partial charge in [0.25, 0.3) is 0 Å². The maximum atomic E-state index is 11.6. The van der Waals surface area contributed by atoms with E-state index in [0.29, 0.717) is 12.8 Å². The van der Waals surface area contributed by atoms with E-state index in [-0.39, 0.29) is 11.0 Å². The third-order valence-corrected chi connectivity index (χ3v) is 4.06. The van der Waals surface area contributed by atoms with E-state index in [1.807, 2.05) is 6.92 Å². The predicted molar refractivity (Wildman–Crippen MR) is 88.7 cm³/mol. The Morgan fingerprint density at radius 2 is 1.33 bits per heavy atom. The number of carbonyl (C=O) groups excluding carboxylic acids is 1. The Labute approximate surface area is 131 Å². The molecule has 0 aromatic rings. The van der Waals surface area contributed by atoms with Crippen molar-refractivity contribution in [3.05, 3.63) is 5.21 Å². The van der Waals surface area contributed by atoms with Gasteiger partial charge in [0.2, 0.25) is 0 Å². The van der Waals surface area contributed by atoms with Gasteiger partial charge in [-0.15, -0.1) is 0 Å². The van der Waals surface area contributed by atoms with Crippen molar-refractivity contribution in [1.29, 1.82) is 0 Å². The van der Waals surface area contributed by atoms with Crippen molar-refractivity contribution < 1.29 is 9.86 Å². The van der Waals surface area contributed by atoms with Crippen molar-refractivity contribution in [2.24, 2.45) is 5.73 Å². The summed E-state index contributed by atoms with van der Waals surface area (Å²) >= 11 is 0. The fraction of sp³-hybridized carbons (Fsp3) is 0.941. The minimum Gasteiger partial charge on any atom is -0.626 e. The van der Waals surface area contributed by atoms with Crippen molar-refractivity contribution in [1.82, 2.24) is 0 Å². The van der Waals surface area contributed by atoms with E-state index in [1.54, 1.807) is 0 Å². The van der Waals surface area contributed by atoms with E-state index in [9.17, 15) is 10.0 Å². The second kappa shape index (κ2) is 14.5. The second-order valence-electron chi connectivity index (χ2n) is 6.09. The third-order valence-electron chi connectivity index (χ3n) is 4.06. The van der Waals surface area contributed by atoms with E-state index in [0.717, 1.165) is 12.8 Å². The highest BCUT2D eigenvalue weighted by atomic mass is 16.5. The van der Waals surface area contributed by atoms with Crippen LogP contribution in [0.3, 0.4) is 0 Å². The first-order valence-corrected chi connectivity index (χ1v) is 8.96. The van der Waals surface area contributed by atoms with Crippen molar-refractivity contribution >= 4 is 5.91 Å². The number of quaternary nitrogens is 1. The smallest absolute Gasteiger partial charge is 0.313 e. The van der Waals surface area contributed by atoms with Crippen LogP contribution in [0.5, 0.6) is 0 Å². The minimum absolute atomic E-state index is 0.278. The van der Waals surface area contributed by atoms with Crippen LogP contribution in [0.25, 0.3) is 0 Å². The van der Waals surface area contributed by atoms with E-state index < -0.39 is 6.17 Å². The molecule has 2 unspecified atom stereocenters. The molecule has 2 atom stereocenters. The molecule has 4 nitrogen and oxygen atoms in total. The van der Waals surface area contributed by atoms with Crippen LogP contribution in [0.4, 0.5) is 0 Å². The maximum absolute atomic E-state index is 11.6. The summed E-state index contributed by atoms with van der Waals surface area (Å²) in [5.41, 5.74) is 5.58. The van der Waals surface area contributed by atoms with Gasteiger partial charge in [0.05, 0.1) is 6.42 Å². The van der Waals surface area contributed by atoms with Gasteiger partial charge in [-0.2, -0.15) is 0 Å². The summed E-state index contributed by atoms with van der Waals surface area (Å²) in [5.74, 6) is -0.278. The molecule has 21 heavy (non-hydrogen) atoms. The average molecular weight is 300 g/mol. The molecular weight excluding hydrogens is 264 g/mol. The molecule has 0 saturated heterocycles. The Hall–Kier alpha value is -0.450. The molecular formula is C17H36N2O2. The average Bonchev–Trinajstić information content (AvgIpc) is 2.50. The number of hydrogen-bond donors (Lipinski definition) is 2. The monoisotopic (exact) mass is 300 g/mol. The van der Waals surface area contributed by atoms with Crippen molar-refractivity contribution in [3.8, 4) is 0 Å². The Morgan fingerprint density at radius 1 is 0.905 bits per heavy atom. The predicted octanol–water partition coefficient (Wildman–Crippen LogP) is 3.29. The number of unbranched alkanes of at least 4 members (excludes halogenated alkanes) is 10. The van der Waals surface area contributed by atoms with Gasteiger partial charge >= 0.3 is 5.91 Å². The number of nitrogens with one attached hydrogen (secondary N) is 1. The van der Waals surface area contributed by atoms with E-state index in [4.69, 9.17) is 5.73 Å². The number of rotatable bonds is 14. The van der Waals surface area contributed by atoms with Gasteiger partial charge in [-0.05, 0) is 6.42 Å². The minimum atomic E-state index is -0.592. The molecule has 0 spiro atoms. The molecule has 0 radical (unpaired) electrons. The van der Waals surface area contributed by atoms with E-state index in [2.05, 4.69) is 6.92 Å². The molecule has 0 bridgehead atoms. The molecule has 0 aliphatic carbocycles. The lowest BCUT2D eigenvalue weighted by Gasteiger charge is -2.25. The number of hydroxylamine groups is 2. The van der Waals surface area contributed by atoms with Crippen LogP contribution in [-0.4, -0.2) is 12.1 Å². The van der Waals surface area contributed by atoms with Crippen LogP contribution in [0.15, 0.2) is 0 Å². The van der Waals surface area contributed by atoms with Gasteiger partial charge in [-0.3, -0.25) is 10.8 Å². The van der Waals surface area contributed by atoms with Crippen LogP contribution in [0.1, 0.15) is 97.3 Å². The lowest BCUT2D eigenvalue weighted by Crippen LogP contribution is -3.15. The SMILES string of the molecule is CCCCCCCCCCCCCC(=O)[NH+]([O-])C(N)CC. The highest BCUT2D eigenvalue weighted by Gasteiger charge is 2.15. The van der Waals surface area contributed by atoms with Crippen LogP contribution in [0.2, 0.25) is 0 Å². The topological polar surface area (TPSA) is 70.6 Å². The fourth-order valence-corrected chi connectivity index (χ4v) is 2.47. The fourth-order valence-electron chi connectivity index (χ4n) is 2.47. The Bertz CT molecular complexity index is 247. The Kier molecular flexibility index (Phi) is 14.2. The summed E-state index contributed by atoms with van der Waals surface area (Å²) in [7, 11) is 0.